The molecule has 0 saturated carbocycles. The molecule has 2 aliphatic rings. The molecule has 116 valence electrons. The predicted molar refractivity (Wildman–Crippen MR) is 84.9 cm³/mol. The van der Waals surface area contributed by atoms with Gasteiger partial charge in [0.15, 0.2) is 0 Å². The largest absolute Gasteiger partial charge is 0.383 e. The molecule has 1 aliphatic heterocycles. The maximum absolute atomic E-state index is 12.6. The van der Waals surface area contributed by atoms with Crippen LogP contribution in [0.2, 0.25) is 0 Å². The van der Waals surface area contributed by atoms with Gasteiger partial charge in [-0.2, -0.15) is 0 Å². The quantitative estimate of drug-likeness (QED) is 0.875. The Balaban J connectivity index is 1.62. The van der Waals surface area contributed by atoms with Crippen molar-refractivity contribution < 1.29 is 9.53 Å². The zero-order chi connectivity index (χ0) is 14.7. The lowest BCUT2D eigenvalue weighted by atomic mass is 9.87. The first-order chi connectivity index (χ1) is 10.2. The van der Waals surface area contributed by atoms with Crippen molar-refractivity contribution in [2.75, 3.05) is 26.8 Å². The van der Waals surface area contributed by atoms with E-state index in [9.17, 15) is 4.79 Å². The molecular formula is C16H24N2O2S. The number of methoxy groups -OCH3 is 1. The van der Waals surface area contributed by atoms with Crippen LogP contribution in [0.4, 0.5) is 0 Å². The topological polar surface area (TPSA) is 50.4 Å². The van der Waals surface area contributed by atoms with Crippen molar-refractivity contribution in [1.82, 2.24) is 10.6 Å². The van der Waals surface area contributed by atoms with Crippen LogP contribution in [0.5, 0.6) is 0 Å². The lowest BCUT2D eigenvalue weighted by Gasteiger charge is -2.30. The third kappa shape index (κ3) is 3.15. The van der Waals surface area contributed by atoms with E-state index in [1.807, 2.05) is 0 Å². The zero-order valence-corrected chi connectivity index (χ0v) is 13.4. The summed E-state index contributed by atoms with van der Waals surface area (Å²) >= 11 is 1.78. The molecule has 5 heteroatoms. The van der Waals surface area contributed by atoms with Gasteiger partial charge in [0.25, 0.3) is 0 Å². The van der Waals surface area contributed by atoms with Gasteiger partial charge in [0.1, 0.15) is 0 Å². The number of hydrogen-bond donors (Lipinski definition) is 2. The van der Waals surface area contributed by atoms with Crippen molar-refractivity contribution in [3.05, 3.63) is 21.9 Å². The monoisotopic (exact) mass is 308 g/mol. The van der Waals surface area contributed by atoms with E-state index in [0.29, 0.717) is 13.2 Å². The second-order valence-corrected chi connectivity index (χ2v) is 7.21. The molecule has 1 amide bonds. The Morgan fingerprint density at radius 3 is 3.24 bits per heavy atom. The van der Waals surface area contributed by atoms with Gasteiger partial charge < -0.3 is 15.4 Å². The third-order valence-electron chi connectivity index (χ3n) is 4.72. The smallest absolute Gasteiger partial charge is 0.227 e. The number of carbonyl (C=O) groups is 1. The number of thiophene rings is 1. The molecule has 1 fully saturated rings. The number of rotatable bonds is 5. The summed E-state index contributed by atoms with van der Waals surface area (Å²) in [7, 11) is 1.72. The summed E-state index contributed by atoms with van der Waals surface area (Å²) in [6, 6.07) is 2.13. The van der Waals surface area contributed by atoms with Gasteiger partial charge in [0, 0.05) is 18.5 Å². The minimum absolute atomic E-state index is 0.0426. The van der Waals surface area contributed by atoms with Crippen molar-refractivity contribution >= 4 is 17.2 Å². The molecule has 1 aliphatic carbocycles. The SMILES string of the molecule is COCC1(CNC(=O)C2CCCc3sccc32)CCCN1. The fourth-order valence-electron chi connectivity index (χ4n) is 3.61. The van der Waals surface area contributed by atoms with Gasteiger partial charge >= 0.3 is 0 Å². The number of ether oxygens (including phenoxy) is 1. The van der Waals surface area contributed by atoms with E-state index in [4.69, 9.17) is 4.74 Å². The van der Waals surface area contributed by atoms with Crippen molar-refractivity contribution in [3.8, 4) is 0 Å². The highest BCUT2D eigenvalue weighted by atomic mass is 32.1. The molecular weight excluding hydrogens is 284 g/mol. The molecule has 2 unspecified atom stereocenters. The first-order valence-corrected chi connectivity index (χ1v) is 8.70. The van der Waals surface area contributed by atoms with Gasteiger partial charge in [-0.3, -0.25) is 4.79 Å². The zero-order valence-electron chi connectivity index (χ0n) is 12.6. The number of fused-ring (bicyclic) bond motifs is 1. The van der Waals surface area contributed by atoms with Gasteiger partial charge in [-0.05, 0) is 55.7 Å². The van der Waals surface area contributed by atoms with E-state index < -0.39 is 0 Å². The Morgan fingerprint density at radius 1 is 1.57 bits per heavy atom. The molecule has 0 spiro atoms. The van der Waals surface area contributed by atoms with Gasteiger partial charge in [0.2, 0.25) is 5.91 Å². The summed E-state index contributed by atoms with van der Waals surface area (Å²) in [6.45, 7) is 2.33. The summed E-state index contributed by atoms with van der Waals surface area (Å²) in [5, 5.41) is 8.79. The Morgan fingerprint density at radius 2 is 2.48 bits per heavy atom. The van der Waals surface area contributed by atoms with E-state index >= 15 is 0 Å². The van der Waals surface area contributed by atoms with Crippen LogP contribution in [0.1, 0.15) is 42.0 Å². The summed E-state index contributed by atoms with van der Waals surface area (Å²) in [6.07, 6.45) is 5.44. The fraction of sp³-hybridized carbons (Fsp3) is 0.688. The molecule has 0 radical (unpaired) electrons. The number of carbonyl (C=O) groups excluding carboxylic acids is 1. The van der Waals surface area contributed by atoms with E-state index in [0.717, 1.165) is 38.6 Å². The molecule has 2 atom stereocenters. The first-order valence-electron chi connectivity index (χ1n) is 7.82. The summed E-state index contributed by atoms with van der Waals surface area (Å²) in [5.41, 5.74) is 1.18. The highest BCUT2D eigenvalue weighted by Crippen LogP contribution is 2.35. The van der Waals surface area contributed by atoms with Crippen LogP contribution in [0.3, 0.4) is 0 Å². The van der Waals surface area contributed by atoms with Gasteiger partial charge in [-0.15, -0.1) is 11.3 Å². The first kappa shape index (κ1) is 15.0. The van der Waals surface area contributed by atoms with Crippen molar-refractivity contribution in [1.29, 1.82) is 0 Å². The van der Waals surface area contributed by atoms with Crippen LogP contribution in [0.25, 0.3) is 0 Å². The van der Waals surface area contributed by atoms with E-state index in [1.54, 1.807) is 18.4 Å². The molecule has 4 nitrogen and oxygen atoms in total. The van der Waals surface area contributed by atoms with Crippen LogP contribution >= 0.6 is 11.3 Å². The van der Waals surface area contributed by atoms with Gasteiger partial charge in [0.05, 0.1) is 18.1 Å². The van der Waals surface area contributed by atoms with Crippen LogP contribution < -0.4 is 10.6 Å². The molecule has 3 rings (SSSR count). The highest BCUT2D eigenvalue weighted by Gasteiger charge is 2.35. The molecule has 2 heterocycles. The number of hydrogen-bond acceptors (Lipinski definition) is 4. The summed E-state index contributed by atoms with van der Waals surface area (Å²) in [4.78, 5) is 14.0. The number of nitrogens with one attached hydrogen (secondary N) is 2. The molecule has 2 N–H and O–H groups in total. The molecule has 21 heavy (non-hydrogen) atoms. The van der Waals surface area contributed by atoms with Gasteiger partial charge in [-0.25, -0.2) is 0 Å². The molecule has 1 saturated heterocycles. The number of amides is 1. The minimum atomic E-state index is -0.0729. The van der Waals surface area contributed by atoms with Crippen LogP contribution in [-0.4, -0.2) is 38.3 Å². The molecule has 1 aromatic heterocycles. The van der Waals surface area contributed by atoms with Crippen molar-refractivity contribution in [3.63, 3.8) is 0 Å². The van der Waals surface area contributed by atoms with Crippen molar-refractivity contribution in [2.45, 2.75) is 43.6 Å². The van der Waals surface area contributed by atoms with E-state index in [1.165, 1.54) is 10.4 Å². The summed E-state index contributed by atoms with van der Waals surface area (Å²) < 4.78 is 5.34. The third-order valence-corrected chi connectivity index (χ3v) is 5.72. The van der Waals surface area contributed by atoms with Gasteiger partial charge in [-0.1, -0.05) is 0 Å². The van der Waals surface area contributed by atoms with Crippen LogP contribution in [0, 0.1) is 0 Å². The second-order valence-electron chi connectivity index (χ2n) is 6.21. The summed E-state index contributed by atoms with van der Waals surface area (Å²) in [5.74, 6) is 0.222. The second kappa shape index (κ2) is 6.46. The Labute approximate surface area is 130 Å². The molecule has 1 aromatic rings. The Hall–Kier alpha value is -0.910. The van der Waals surface area contributed by atoms with E-state index in [-0.39, 0.29) is 17.4 Å². The predicted octanol–water partition coefficient (Wildman–Crippen LogP) is 2.05. The Bertz CT molecular complexity index is 494. The molecule has 0 aromatic carbocycles. The van der Waals surface area contributed by atoms with Crippen LogP contribution in [-0.2, 0) is 16.0 Å². The van der Waals surface area contributed by atoms with Crippen molar-refractivity contribution in [2.24, 2.45) is 0 Å². The lowest BCUT2D eigenvalue weighted by molar-refractivity contribution is -0.123. The standard InChI is InChI=1S/C16H24N2O2S/c1-20-11-16(7-3-8-18-16)10-17-15(19)13-4-2-5-14-12(13)6-9-21-14/h6,9,13,18H,2-5,7-8,10-11H2,1H3,(H,17,19). The minimum Gasteiger partial charge on any atom is -0.383 e. The lowest BCUT2D eigenvalue weighted by Crippen LogP contribution is -2.53. The average Bonchev–Trinajstić information content (AvgIpc) is 3.14. The maximum atomic E-state index is 12.6. The number of aryl methyl sites for hydroxylation is 1. The van der Waals surface area contributed by atoms with E-state index in [2.05, 4.69) is 22.1 Å². The molecule has 0 bridgehead atoms. The normalized spacial score (nSPS) is 28.3. The maximum Gasteiger partial charge on any atom is 0.227 e. The highest BCUT2D eigenvalue weighted by molar-refractivity contribution is 7.10. The average molecular weight is 308 g/mol. The Kier molecular flexibility index (Phi) is 4.62. The van der Waals surface area contributed by atoms with Crippen LogP contribution in [0.15, 0.2) is 11.4 Å². The fourth-order valence-corrected chi connectivity index (χ4v) is 4.60.